The van der Waals surface area contributed by atoms with Crippen molar-refractivity contribution in [3.63, 3.8) is 0 Å². The average Bonchev–Trinajstić information content (AvgIpc) is 2.78. The molecule has 0 heterocycles. The fourth-order valence-electron chi connectivity index (χ4n) is 5.86. The lowest BCUT2D eigenvalue weighted by Gasteiger charge is -2.39. The second-order valence-electron chi connectivity index (χ2n) is 9.66. The molecule has 31 heavy (non-hydrogen) atoms. The van der Waals surface area contributed by atoms with Crippen LogP contribution in [0.1, 0.15) is 102 Å². The van der Waals surface area contributed by atoms with Crippen molar-refractivity contribution in [1.29, 1.82) is 0 Å². The van der Waals surface area contributed by atoms with Crippen molar-refractivity contribution in [2.75, 3.05) is 6.61 Å². The van der Waals surface area contributed by atoms with Gasteiger partial charge in [0.25, 0.3) is 5.92 Å². The smallest absolute Gasteiger partial charge is 0.250 e. The molecule has 0 amide bonds. The topological polar surface area (TPSA) is 9.23 Å². The summed E-state index contributed by atoms with van der Waals surface area (Å²) >= 11 is 0. The van der Waals surface area contributed by atoms with Crippen molar-refractivity contribution in [3.8, 4) is 5.75 Å². The molecular formula is C26H38F4O. The highest BCUT2D eigenvalue weighted by Crippen LogP contribution is 2.48. The molecule has 0 saturated heterocycles. The molecule has 1 nitrogen and oxygen atoms in total. The van der Waals surface area contributed by atoms with E-state index in [1.807, 2.05) is 6.92 Å². The fourth-order valence-corrected chi connectivity index (χ4v) is 5.86. The van der Waals surface area contributed by atoms with Crippen LogP contribution in [0.2, 0.25) is 0 Å². The standard InChI is InChI=1S/C26H38F4O/c1-3-5-6-17-26(29,30)21-13-11-19(12-14-21)18-7-9-20(10-8-18)22-15-16-23(31-4-2)25(28)24(22)27/h15-16,18-21H,3-14,17H2,1-2H3. The van der Waals surface area contributed by atoms with Gasteiger partial charge in [-0.25, -0.2) is 13.2 Å². The quantitative estimate of drug-likeness (QED) is 0.275. The first-order valence-electron chi connectivity index (χ1n) is 12.4. The molecule has 5 heteroatoms. The van der Waals surface area contributed by atoms with Gasteiger partial charge in [-0.2, -0.15) is 4.39 Å². The van der Waals surface area contributed by atoms with Crippen molar-refractivity contribution < 1.29 is 22.3 Å². The molecule has 0 bridgehead atoms. The Labute approximate surface area is 184 Å². The molecule has 1 aromatic carbocycles. The monoisotopic (exact) mass is 442 g/mol. The van der Waals surface area contributed by atoms with Crippen LogP contribution in [0.4, 0.5) is 17.6 Å². The second-order valence-corrected chi connectivity index (χ2v) is 9.66. The van der Waals surface area contributed by atoms with E-state index in [1.165, 1.54) is 6.07 Å². The zero-order valence-corrected chi connectivity index (χ0v) is 19.1. The van der Waals surface area contributed by atoms with Crippen LogP contribution in [0.15, 0.2) is 12.1 Å². The van der Waals surface area contributed by atoms with E-state index in [4.69, 9.17) is 4.74 Å². The van der Waals surface area contributed by atoms with Crippen molar-refractivity contribution in [1.82, 2.24) is 0 Å². The van der Waals surface area contributed by atoms with E-state index in [0.717, 1.165) is 51.4 Å². The molecule has 176 valence electrons. The first-order valence-corrected chi connectivity index (χ1v) is 12.4. The Hall–Kier alpha value is -1.26. The number of benzene rings is 1. The second kappa shape index (κ2) is 11.0. The van der Waals surface area contributed by atoms with E-state index in [2.05, 4.69) is 0 Å². The van der Waals surface area contributed by atoms with Gasteiger partial charge in [0.05, 0.1) is 6.61 Å². The third kappa shape index (κ3) is 5.96. The van der Waals surface area contributed by atoms with Gasteiger partial charge in [0, 0.05) is 12.3 Å². The summed E-state index contributed by atoms with van der Waals surface area (Å²) in [5.41, 5.74) is 0.454. The minimum absolute atomic E-state index is 0.0271. The third-order valence-electron chi connectivity index (χ3n) is 7.74. The molecule has 2 aliphatic rings. The van der Waals surface area contributed by atoms with E-state index < -0.39 is 23.5 Å². The largest absolute Gasteiger partial charge is 0.491 e. The molecule has 0 unspecified atom stereocenters. The normalized spacial score (nSPS) is 27.3. The SMILES string of the molecule is CCCCCC(F)(F)C1CCC(C2CCC(c3ccc(OCC)c(F)c3F)CC2)CC1. The predicted octanol–water partition coefficient (Wildman–Crippen LogP) is 8.66. The highest BCUT2D eigenvalue weighted by molar-refractivity contribution is 5.33. The zero-order valence-electron chi connectivity index (χ0n) is 19.1. The minimum Gasteiger partial charge on any atom is -0.491 e. The lowest BCUT2D eigenvalue weighted by Crippen LogP contribution is -2.34. The van der Waals surface area contributed by atoms with Gasteiger partial charge in [0.15, 0.2) is 11.6 Å². The number of hydrogen-bond donors (Lipinski definition) is 0. The Kier molecular flexibility index (Phi) is 8.69. The molecule has 3 rings (SSSR count). The Bertz CT molecular complexity index is 689. The molecule has 0 spiro atoms. The molecule has 2 saturated carbocycles. The van der Waals surface area contributed by atoms with E-state index in [-0.39, 0.29) is 18.1 Å². The highest BCUT2D eigenvalue weighted by Gasteiger charge is 2.42. The number of unbranched alkanes of at least 4 members (excludes halogenated alkanes) is 2. The Balaban J connectivity index is 1.49. The summed E-state index contributed by atoms with van der Waals surface area (Å²) in [6.07, 6.45) is 9.15. The van der Waals surface area contributed by atoms with Gasteiger partial charge >= 0.3 is 0 Å². The molecule has 2 aliphatic carbocycles. The van der Waals surface area contributed by atoms with Crippen LogP contribution >= 0.6 is 0 Å². The molecule has 2 fully saturated rings. The molecule has 0 atom stereocenters. The van der Waals surface area contributed by atoms with Crippen LogP contribution in [0.25, 0.3) is 0 Å². The third-order valence-corrected chi connectivity index (χ3v) is 7.74. The maximum absolute atomic E-state index is 14.6. The van der Waals surface area contributed by atoms with Gasteiger partial charge in [0.2, 0.25) is 5.82 Å². The highest BCUT2D eigenvalue weighted by atomic mass is 19.3. The Morgan fingerprint density at radius 3 is 2.03 bits per heavy atom. The van der Waals surface area contributed by atoms with Crippen molar-refractivity contribution >= 4 is 0 Å². The fraction of sp³-hybridized carbons (Fsp3) is 0.769. The summed E-state index contributed by atoms with van der Waals surface area (Å²) in [6, 6.07) is 3.20. The van der Waals surface area contributed by atoms with Crippen LogP contribution in [0.5, 0.6) is 5.75 Å². The maximum Gasteiger partial charge on any atom is 0.250 e. The van der Waals surface area contributed by atoms with Crippen LogP contribution in [-0.2, 0) is 0 Å². The Morgan fingerprint density at radius 2 is 1.45 bits per heavy atom. The number of rotatable bonds is 9. The number of alkyl halides is 2. The summed E-state index contributed by atoms with van der Waals surface area (Å²) in [5, 5.41) is 0. The number of halogens is 4. The maximum atomic E-state index is 14.6. The summed E-state index contributed by atoms with van der Waals surface area (Å²) in [5.74, 6) is -3.61. The van der Waals surface area contributed by atoms with Gasteiger partial charge in [-0.3, -0.25) is 0 Å². The lowest BCUT2D eigenvalue weighted by molar-refractivity contribution is -0.0858. The molecule has 0 aliphatic heterocycles. The average molecular weight is 443 g/mol. The molecule has 0 aromatic heterocycles. The minimum atomic E-state index is -2.52. The lowest BCUT2D eigenvalue weighted by atomic mass is 9.67. The summed E-state index contributed by atoms with van der Waals surface area (Å²) in [6.45, 7) is 4.08. The molecule has 1 aromatic rings. The van der Waals surface area contributed by atoms with Crippen LogP contribution < -0.4 is 4.74 Å². The van der Waals surface area contributed by atoms with Crippen molar-refractivity contribution in [2.24, 2.45) is 17.8 Å². The zero-order chi connectivity index (χ0) is 22.4. The van der Waals surface area contributed by atoms with Gasteiger partial charge in [-0.15, -0.1) is 0 Å². The summed E-state index contributed by atoms with van der Waals surface area (Å²) < 4.78 is 63.0. The van der Waals surface area contributed by atoms with E-state index in [0.29, 0.717) is 43.3 Å². The summed E-state index contributed by atoms with van der Waals surface area (Å²) in [4.78, 5) is 0. The van der Waals surface area contributed by atoms with E-state index in [1.54, 1.807) is 13.0 Å². The van der Waals surface area contributed by atoms with Gasteiger partial charge < -0.3 is 4.74 Å². The van der Waals surface area contributed by atoms with Gasteiger partial charge in [-0.1, -0.05) is 25.8 Å². The van der Waals surface area contributed by atoms with Crippen molar-refractivity contribution in [3.05, 3.63) is 29.3 Å². The van der Waals surface area contributed by atoms with Crippen LogP contribution in [-0.4, -0.2) is 12.5 Å². The number of ether oxygens (including phenoxy) is 1. The first kappa shape index (κ1) is 24.4. The predicted molar refractivity (Wildman–Crippen MR) is 117 cm³/mol. The van der Waals surface area contributed by atoms with Crippen LogP contribution in [0.3, 0.4) is 0 Å². The summed E-state index contributed by atoms with van der Waals surface area (Å²) in [7, 11) is 0. The number of hydrogen-bond acceptors (Lipinski definition) is 1. The van der Waals surface area contributed by atoms with E-state index >= 15 is 0 Å². The van der Waals surface area contributed by atoms with E-state index in [9.17, 15) is 17.6 Å². The van der Waals surface area contributed by atoms with Crippen molar-refractivity contribution in [2.45, 2.75) is 103 Å². The van der Waals surface area contributed by atoms with Gasteiger partial charge in [0.1, 0.15) is 0 Å². The van der Waals surface area contributed by atoms with Gasteiger partial charge in [-0.05, 0) is 94.1 Å². The Morgan fingerprint density at radius 1 is 0.839 bits per heavy atom. The first-order chi connectivity index (χ1) is 14.9. The molecule has 0 N–H and O–H groups in total. The van der Waals surface area contributed by atoms with Crippen LogP contribution in [0, 0.1) is 29.4 Å². The molecular weight excluding hydrogens is 404 g/mol. The molecule has 0 radical (unpaired) electrons.